The Morgan fingerprint density at radius 1 is 1.05 bits per heavy atom. The second-order valence-corrected chi connectivity index (χ2v) is 11.5. The number of carbonyl (C=O) groups is 2. The van der Waals surface area contributed by atoms with Gasteiger partial charge in [0.05, 0.1) is 19.3 Å². The summed E-state index contributed by atoms with van der Waals surface area (Å²) in [5.74, 6) is -0.755. The third-order valence-corrected chi connectivity index (χ3v) is 8.18. The number of nitrogens with one attached hydrogen (secondary N) is 1. The normalized spacial score (nSPS) is 17.8. The number of hydrogen-bond acceptors (Lipinski definition) is 6. The van der Waals surface area contributed by atoms with E-state index in [9.17, 15) is 14.7 Å². The van der Waals surface area contributed by atoms with Crippen LogP contribution in [0.4, 0.5) is 0 Å². The maximum atomic E-state index is 13.4. The van der Waals surface area contributed by atoms with Gasteiger partial charge in [-0.3, -0.25) is 9.69 Å². The third-order valence-electron chi connectivity index (χ3n) is 7.54. The molecule has 1 aliphatic heterocycles. The molecule has 1 heterocycles. The molecule has 0 saturated carbocycles. The summed E-state index contributed by atoms with van der Waals surface area (Å²) in [4.78, 5) is 27.6. The summed E-state index contributed by atoms with van der Waals surface area (Å²) in [6, 6.07) is 23.3. The Hall–Kier alpha value is -3.17. The number of methoxy groups -OCH3 is 1. The minimum absolute atomic E-state index is 0.102. The molecule has 3 atom stereocenters. The molecule has 0 aromatic heterocycles. The van der Waals surface area contributed by atoms with E-state index < -0.39 is 12.0 Å². The van der Waals surface area contributed by atoms with Gasteiger partial charge in [0.25, 0.3) is 5.91 Å². The predicted molar refractivity (Wildman–Crippen MR) is 164 cm³/mol. The number of carboxylic acids is 1. The van der Waals surface area contributed by atoms with Gasteiger partial charge in [-0.25, -0.2) is 4.79 Å². The molecule has 0 aliphatic carbocycles. The summed E-state index contributed by atoms with van der Waals surface area (Å²) < 4.78 is 11.8. The smallest absolute Gasteiger partial charge is 0.326 e. The van der Waals surface area contributed by atoms with Gasteiger partial charge >= 0.3 is 5.97 Å². The molecule has 4 rings (SSSR count). The fourth-order valence-corrected chi connectivity index (χ4v) is 5.83. The van der Waals surface area contributed by atoms with E-state index in [-0.39, 0.29) is 18.1 Å². The van der Waals surface area contributed by atoms with E-state index >= 15 is 0 Å². The molecule has 0 unspecified atom stereocenters. The van der Waals surface area contributed by atoms with Crippen LogP contribution in [0.5, 0.6) is 0 Å². The zero-order valence-electron chi connectivity index (χ0n) is 24.0. The van der Waals surface area contributed by atoms with E-state index in [1.165, 1.54) is 0 Å². The SMILES string of the molecule is COC[C@H]1C[C@@H](OCc2ccccc2)CN1Cc1ccc(C(=O)N[C@@H](CCSC)C(=O)O)c(-c2ccccc2C)c1. The second kappa shape index (κ2) is 15.2. The highest BCUT2D eigenvalue weighted by Gasteiger charge is 2.33. The van der Waals surface area contributed by atoms with Crippen molar-refractivity contribution >= 4 is 23.6 Å². The third kappa shape index (κ3) is 8.42. The molecule has 1 saturated heterocycles. The van der Waals surface area contributed by atoms with E-state index in [0.717, 1.165) is 40.8 Å². The molecule has 2 N–H and O–H groups in total. The van der Waals surface area contributed by atoms with Crippen LogP contribution in [0.25, 0.3) is 11.1 Å². The minimum atomic E-state index is -1.02. The largest absolute Gasteiger partial charge is 0.480 e. The molecular formula is C33H40N2O5S. The lowest BCUT2D eigenvalue weighted by atomic mass is 9.93. The lowest BCUT2D eigenvalue weighted by molar-refractivity contribution is -0.139. The number of aliphatic carboxylic acids is 1. The van der Waals surface area contributed by atoms with Crippen LogP contribution in [0.2, 0.25) is 0 Å². The molecule has 7 nitrogen and oxygen atoms in total. The summed E-state index contributed by atoms with van der Waals surface area (Å²) in [7, 11) is 1.73. The Labute approximate surface area is 247 Å². The van der Waals surface area contributed by atoms with E-state index in [2.05, 4.69) is 28.4 Å². The van der Waals surface area contributed by atoms with Gasteiger partial charge in [-0.05, 0) is 71.7 Å². The van der Waals surface area contributed by atoms with Crippen molar-refractivity contribution in [3.05, 3.63) is 95.1 Å². The van der Waals surface area contributed by atoms with E-state index in [4.69, 9.17) is 9.47 Å². The molecule has 0 radical (unpaired) electrons. The van der Waals surface area contributed by atoms with Gasteiger partial charge in [0.15, 0.2) is 0 Å². The molecule has 0 spiro atoms. The molecule has 3 aromatic carbocycles. The van der Waals surface area contributed by atoms with Crippen LogP contribution in [0.3, 0.4) is 0 Å². The summed E-state index contributed by atoms with van der Waals surface area (Å²) in [6.45, 7) is 4.69. The summed E-state index contributed by atoms with van der Waals surface area (Å²) in [5, 5.41) is 12.4. The highest BCUT2D eigenvalue weighted by atomic mass is 32.2. The number of amides is 1. The average Bonchev–Trinajstić information content (AvgIpc) is 3.35. The van der Waals surface area contributed by atoms with Crippen LogP contribution < -0.4 is 5.32 Å². The standard InChI is InChI=1S/C33H40N2O5S/c1-23-9-7-8-12-28(23)30-17-25(13-14-29(30)32(36)34-31(33(37)38)15-16-41-3)19-35-20-27(18-26(35)22-39-2)40-21-24-10-5-4-6-11-24/h4-14,17,26-27,31H,15-16,18-22H2,1-3H3,(H,34,36)(H,37,38)/t26-,27-,31+/m1/s1. The van der Waals surface area contributed by atoms with Crippen molar-refractivity contribution in [2.45, 2.75) is 51.1 Å². The molecule has 8 heteroatoms. The zero-order chi connectivity index (χ0) is 29.2. The van der Waals surface area contributed by atoms with E-state index in [1.807, 2.05) is 67.8 Å². The first kappa shape index (κ1) is 30.8. The first-order valence-corrected chi connectivity index (χ1v) is 15.4. The minimum Gasteiger partial charge on any atom is -0.480 e. The molecular weight excluding hydrogens is 536 g/mol. The van der Waals surface area contributed by atoms with Crippen molar-refractivity contribution in [2.24, 2.45) is 0 Å². The Bertz CT molecular complexity index is 1300. The van der Waals surface area contributed by atoms with Gasteiger partial charge in [-0.1, -0.05) is 60.7 Å². The first-order chi connectivity index (χ1) is 19.9. The average molecular weight is 577 g/mol. The summed E-state index contributed by atoms with van der Waals surface area (Å²) in [6.07, 6.45) is 3.28. The Kier molecular flexibility index (Phi) is 11.4. The van der Waals surface area contributed by atoms with Gasteiger partial charge in [0.2, 0.25) is 0 Å². The molecule has 3 aromatic rings. The second-order valence-electron chi connectivity index (χ2n) is 10.5. The van der Waals surface area contributed by atoms with Crippen LogP contribution in [0.1, 0.15) is 39.9 Å². The van der Waals surface area contributed by atoms with Crippen molar-refractivity contribution in [2.75, 3.05) is 32.3 Å². The van der Waals surface area contributed by atoms with Crippen molar-refractivity contribution < 1.29 is 24.2 Å². The topological polar surface area (TPSA) is 88.1 Å². The maximum Gasteiger partial charge on any atom is 0.326 e. The van der Waals surface area contributed by atoms with Crippen molar-refractivity contribution in [3.8, 4) is 11.1 Å². The Morgan fingerprint density at radius 3 is 2.51 bits per heavy atom. The van der Waals surface area contributed by atoms with Crippen LogP contribution >= 0.6 is 11.8 Å². The zero-order valence-corrected chi connectivity index (χ0v) is 24.9. The number of benzene rings is 3. The van der Waals surface area contributed by atoms with Gasteiger partial charge in [-0.2, -0.15) is 11.8 Å². The maximum absolute atomic E-state index is 13.4. The van der Waals surface area contributed by atoms with Gasteiger partial charge < -0.3 is 19.9 Å². The molecule has 1 aliphatic rings. The molecule has 1 amide bonds. The van der Waals surface area contributed by atoms with Crippen molar-refractivity contribution in [1.82, 2.24) is 10.2 Å². The first-order valence-electron chi connectivity index (χ1n) is 14.0. The monoisotopic (exact) mass is 576 g/mol. The number of aryl methyl sites for hydroxylation is 1. The number of carboxylic acid groups (broad SMARTS) is 1. The highest BCUT2D eigenvalue weighted by Crippen LogP contribution is 2.30. The number of hydrogen-bond donors (Lipinski definition) is 2. The van der Waals surface area contributed by atoms with Crippen molar-refractivity contribution in [1.29, 1.82) is 0 Å². The number of ether oxygens (including phenoxy) is 2. The molecule has 218 valence electrons. The van der Waals surface area contributed by atoms with E-state index in [0.29, 0.717) is 37.5 Å². The number of carbonyl (C=O) groups excluding carboxylic acids is 1. The highest BCUT2D eigenvalue weighted by molar-refractivity contribution is 7.98. The Morgan fingerprint density at radius 2 is 1.80 bits per heavy atom. The number of thioether (sulfide) groups is 1. The van der Waals surface area contributed by atoms with Crippen LogP contribution in [-0.4, -0.2) is 72.3 Å². The fourth-order valence-electron chi connectivity index (χ4n) is 5.36. The van der Waals surface area contributed by atoms with Crippen LogP contribution in [-0.2, 0) is 27.4 Å². The quantitative estimate of drug-likeness (QED) is 0.266. The molecule has 41 heavy (non-hydrogen) atoms. The molecule has 0 bridgehead atoms. The number of nitrogens with zero attached hydrogens (tertiary/aromatic N) is 1. The lowest BCUT2D eigenvalue weighted by Gasteiger charge is -2.24. The fraction of sp³-hybridized carbons (Fsp3) is 0.394. The predicted octanol–water partition coefficient (Wildman–Crippen LogP) is 5.40. The number of likely N-dealkylation sites (tertiary alicyclic amines) is 1. The summed E-state index contributed by atoms with van der Waals surface area (Å²) in [5.41, 5.74) is 5.49. The van der Waals surface area contributed by atoms with Crippen molar-refractivity contribution in [3.63, 3.8) is 0 Å². The van der Waals surface area contributed by atoms with Crippen LogP contribution in [0, 0.1) is 6.92 Å². The van der Waals surface area contributed by atoms with E-state index in [1.54, 1.807) is 18.9 Å². The number of rotatable bonds is 14. The Balaban J connectivity index is 1.56. The lowest BCUT2D eigenvalue weighted by Crippen LogP contribution is -2.41. The van der Waals surface area contributed by atoms with Gasteiger partial charge in [0, 0.05) is 31.8 Å². The van der Waals surface area contributed by atoms with Gasteiger partial charge in [0.1, 0.15) is 6.04 Å². The summed E-state index contributed by atoms with van der Waals surface area (Å²) >= 11 is 1.56. The van der Waals surface area contributed by atoms with Gasteiger partial charge in [-0.15, -0.1) is 0 Å². The van der Waals surface area contributed by atoms with Crippen LogP contribution in [0.15, 0.2) is 72.8 Å². The molecule has 1 fully saturated rings.